The van der Waals surface area contributed by atoms with E-state index in [1.54, 1.807) is 17.5 Å². The standard InChI is InChI=1S/C32H43N5O5S/c1-5-8-9-11-14-23(6-2)31-33-22(4)29-32(39)34-30(35-37(29)31)26-21-25(17-18-28(26)42-7-3)43(40,41)36-27(19-20-38)24-15-12-10-13-16-24/h10,12-13,15-18,21,23,27,36,38H,5-9,11,14,19-20H2,1-4H3,(H,34,35,39). The van der Waals surface area contributed by atoms with Crippen molar-refractivity contribution in [1.82, 2.24) is 24.3 Å². The zero-order valence-electron chi connectivity index (χ0n) is 25.5. The number of rotatable bonds is 16. The number of hydrogen-bond acceptors (Lipinski definition) is 7. The van der Waals surface area contributed by atoms with Gasteiger partial charge in [0.15, 0.2) is 11.3 Å². The number of aliphatic hydroxyl groups excluding tert-OH is 1. The number of sulfonamides is 1. The van der Waals surface area contributed by atoms with Gasteiger partial charge in [0.2, 0.25) is 10.0 Å². The number of unbranched alkanes of at least 4 members (excludes halogenated alkanes) is 3. The highest BCUT2D eigenvalue weighted by atomic mass is 32.2. The number of hydrogen-bond donors (Lipinski definition) is 3. The lowest BCUT2D eigenvalue weighted by Crippen LogP contribution is -2.29. The van der Waals surface area contributed by atoms with Crippen LogP contribution in [0.1, 0.15) is 94.8 Å². The third kappa shape index (κ3) is 7.52. The maximum atomic E-state index is 13.6. The number of H-pyrrole nitrogens is 1. The molecule has 0 radical (unpaired) electrons. The Hall–Kier alpha value is -3.54. The van der Waals surface area contributed by atoms with Gasteiger partial charge in [-0.15, -0.1) is 5.10 Å². The molecular weight excluding hydrogens is 566 g/mol. The van der Waals surface area contributed by atoms with Crippen molar-refractivity contribution in [2.24, 2.45) is 0 Å². The van der Waals surface area contributed by atoms with E-state index >= 15 is 0 Å². The molecule has 2 heterocycles. The molecule has 4 rings (SSSR count). The summed E-state index contributed by atoms with van der Waals surface area (Å²) < 4.78 is 37.4. The predicted molar refractivity (Wildman–Crippen MR) is 168 cm³/mol. The van der Waals surface area contributed by atoms with Crippen molar-refractivity contribution in [2.45, 2.75) is 89.5 Å². The first-order valence-electron chi connectivity index (χ1n) is 15.2. The molecule has 0 spiro atoms. The lowest BCUT2D eigenvalue weighted by molar-refractivity contribution is 0.272. The second kappa shape index (κ2) is 14.8. The summed E-state index contributed by atoms with van der Waals surface area (Å²) in [5.41, 5.74) is 1.71. The Morgan fingerprint density at radius 3 is 2.49 bits per heavy atom. The molecule has 4 aromatic rings. The molecule has 232 valence electrons. The lowest BCUT2D eigenvalue weighted by atomic mass is 9.97. The molecule has 0 aliphatic rings. The maximum absolute atomic E-state index is 13.6. The van der Waals surface area contributed by atoms with E-state index in [-0.39, 0.29) is 35.2 Å². The second-order valence-corrected chi connectivity index (χ2v) is 12.5. The van der Waals surface area contributed by atoms with Crippen LogP contribution in [0, 0.1) is 6.92 Å². The Kier molecular flexibility index (Phi) is 11.1. The molecular formula is C32H43N5O5S. The molecule has 3 N–H and O–H groups in total. The molecule has 2 atom stereocenters. The Morgan fingerprint density at radius 2 is 1.81 bits per heavy atom. The summed E-state index contributed by atoms with van der Waals surface area (Å²) in [4.78, 5) is 21.0. The van der Waals surface area contributed by atoms with Gasteiger partial charge in [-0.3, -0.25) is 4.79 Å². The third-order valence-electron chi connectivity index (χ3n) is 7.70. The van der Waals surface area contributed by atoms with Crippen LogP contribution in [0.4, 0.5) is 0 Å². The van der Waals surface area contributed by atoms with Crippen LogP contribution in [0.15, 0.2) is 58.2 Å². The third-order valence-corrected chi connectivity index (χ3v) is 9.17. The van der Waals surface area contributed by atoms with Gasteiger partial charge in [0.05, 0.1) is 22.8 Å². The molecule has 0 aliphatic heterocycles. The van der Waals surface area contributed by atoms with Gasteiger partial charge in [-0.05, 0) is 56.9 Å². The van der Waals surface area contributed by atoms with Crippen molar-refractivity contribution in [3.8, 4) is 17.1 Å². The van der Waals surface area contributed by atoms with Crippen LogP contribution in [-0.2, 0) is 10.0 Å². The Bertz CT molecular complexity index is 1670. The fourth-order valence-electron chi connectivity index (χ4n) is 5.42. The minimum atomic E-state index is -4.04. The van der Waals surface area contributed by atoms with Crippen LogP contribution in [0.5, 0.6) is 5.75 Å². The first-order chi connectivity index (χ1) is 20.7. The highest BCUT2D eigenvalue weighted by molar-refractivity contribution is 7.89. The molecule has 0 fully saturated rings. The number of aryl methyl sites for hydroxylation is 1. The van der Waals surface area contributed by atoms with Crippen LogP contribution in [0.3, 0.4) is 0 Å². The Labute approximate surface area is 253 Å². The molecule has 2 unspecified atom stereocenters. The van der Waals surface area contributed by atoms with E-state index in [1.807, 2.05) is 37.3 Å². The van der Waals surface area contributed by atoms with Gasteiger partial charge in [-0.2, -0.15) is 0 Å². The van der Waals surface area contributed by atoms with E-state index in [0.29, 0.717) is 29.1 Å². The summed E-state index contributed by atoms with van der Waals surface area (Å²) in [6.07, 6.45) is 6.55. The SMILES string of the molecule is CCCCCCC(CC)c1nc(C)c2c(=O)[nH]c(-c3cc(S(=O)(=O)NC(CCO)c4ccccc4)ccc3OCC)nn12. The molecule has 0 bridgehead atoms. The zero-order chi connectivity index (χ0) is 31.0. The average molecular weight is 610 g/mol. The first kappa shape index (κ1) is 32.4. The van der Waals surface area contributed by atoms with Gasteiger partial charge in [0.1, 0.15) is 11.6 Å². The molecule has 0 saturated heterocycles. The average Bonchev–Trinajstić information content (AvgIpc) is 3.34. The van der Waals surface area contributed by atoms with Gasteiger partial charge < -0.3 is 14.8 Å². The first-order valence-corrected chi connectivity index (χ1v) is 16.7. The summed E-state index contributed by atoms with van der Waals surface area (Å²) in [7, 11) is -4.04. The molecule has 0 aliphatic carbocycles. The van der Waals surface area contributed by atoms with E-state index in [4.69, 9.17) is 14.8 Å². The maximum Gasteiger partial charge on any atom is 0.277 e. The number of fused-ring (bicyclic) bond motifs is 1. The van der Waals surface area contributed by atoms with Crippen molar-refractivity contribution in [3.05, 3.63) is 76.0 Å². The monoisotopic (exact) mass is 609 g/mol. The van der Waals surface area contributed by atoms with E-state index in [9.17, 15) is 18.3 Å². The van der Waals surface area contributed by atoms with Gasteiger partial charge in [-0.1, -0.05) is 69.9 Å². The number of aromatic amines is 1. The number of aliphatic hydroxyl groups is 1. The van der Waals surface area contributed by atoms with Crippen LogP contribution < -0.4 is 15.0 Å². The summed E-state index contributed by atoms with van der Waals surface area (Å²) in [5, 5.41) is 14.4. The quantitative estimate of drug-likeness (QED) is 0.139. The van der Waals surface area contributed by atoms with Crippen molar-refractivity contribution in [3.63, 3.8) is 0 Å². The fraction of sp³-hybridized carbons (Fsp3) is 0.469. The van der Waals surface area contributed by atoms with Gasteiger partial charge in [0.25, 0.3) is 5.56 Å². The predicted octanol–water partition coefficient (Wildman–Crippen LogP) is 5.66. The minimum Gasteiger partial charge on any atom is -0.493 e. The van der Waals surface area contributed by atoms with E-state index in [0.717, 1.165) is 43.5 Å². The zero-order valence-corrected chi connectivity index (χ0v) is 26.3. The lowest BCUT2D eigenvalue weighted by Gasteiger charge is -2.19. The van der Waals surface area contributed by atoms with E-state index in [2.05, 4.69) is 23.6 Å². The van der Waals surface area contributed by atoms with Crippen molar-refractivity contribution < 1.29 is 18.3 Å². The van der Waals surface area contributed by atoms with Gasteiger partial charge >= 0.3 is 0 Å². The largest absolute Gasteiger partial charge is 0.493 e. The number of nitrogens with zero attached hydrogens (tertiary/aromatic N) is 3. The molecule has 43 heavy (non-hydrogen) atoms. The normalized spacial score (nSPS) is 13.3. The molecule has 0 amide bonds. The van der Waals surface area contributed by atoms with Gasteiger partial charge in [-0.25, -0.2) is 22.6 Å². The second-order valence-electron chi connectivity index (χ2n) is 10.8. The summed E-state index contributed by atoms with van der Waals surface area (Å²) in [6.45, 7) is 8.08. The number of benzene rings is 2. The van der Waals surface area contributed by atoms with Crippen LogP contribution in [0.2, 0.25) is 0 Å². The van der Waals surface area contributed by atoms with Gasteiger partial charge in [0, 0.05) is 18.6 Å². The highest BCUT2D eigenvalue weighted by Gasteiger charge is 2.25. The van der Waals surface area contributed by atoms with Crippen molar-refractivity contribution in [2.75, 3.05) is 13.2 Å². The van der Waals surface area contributed by atoms with Crippen molar-refractivity contribution in [1.29, 1.82) is 0 Å². The molecule has 2 aromatic heterocycles. The number of ether oxygens (including phenoxy) is 1. The number of nitrogens with one attached hydrogen (secondary N) is 2. The molecule has 11 heteroatoms. The van der Waals surface area contributed by atoms with Crippen LogP contribution in [-0.4, -0.2) is 46.3 Å². The Morgan fingerprint density at radius 1 is 1.05 bits per heavy atom. The molecule has 0 saturated carbocycles. The fourth-order valence-corrected chi connectivity index (χ4v) is 6.70. The van der Waals surface area contributed by atoms with Crippen LogP contribution in [0.25, 0.3) is 16.9 Å². The molecule has 10 nitrogen and oxygen atoms in total. The van der Waals surface area contributed by atoms with E-state index < -0.39 is 16.1 Å². The molecule has 2 aromatic carbocycles. The van der Waals surface area contributed by atoms with Crippen molar-refractivity contribution >= 4 is 15.5 Å². The minimum absolute atomic E-state index is 0.0167. The highest BCUT2D eigenvalue weighted by Crippen LogP contribution is 2.32. The van der Waals surface area contributed by atoms with Crippen LogP contribution >= 0.6 is 0 Å². The number of aromatic nitrogens is 4. The summed E-state index contributed by atoms with van der Waals surface area (Å²) in [6, 6.07) is 13.0. The topological polar surface area (TPSA) is 139 Å². The summed E-state index contributed by atoms with van der Waals surface area (Å²) in [5.74, 6) is 1.44. The van der Waals surface area contributed by atoms with E-state index in [1.165, 1.54) is 18.6 Å². The Balaban J connectivity index is 1.78. The smallest absolute Gasteiger partial charge is 0.277 e. The number of imidazole rings is 1. The summed E-state index contributed by atoms with van der Waals surface area (Å²) >= 11 is 0.